The molecule has 13 heteroatoms. The number of ether oxygens (including phenoxy) is 2. The number of halogens is 3. The van der Waals surface area contributed by atoms with E-state index in [-0.39, 0.29) is 43.1 Å². The van der Waals surface area contributed by atoms with E-state index in [2.05, 4.69) is 5.32 Å². The molecule has 10 nitrogen and oxygen atoms in total. The zero-order valence-electron chi connectivity index (χ0n) is 28.2. The lowest BCUT2D eigenvalue weighted by molar-refractivity contribution is -0.173. The molecule has 0 saturated carbocycles. The van der Waals surface area contributed by atoms with Crippen molar-refractivity contribution in [1.82, 2.24) is 20.0 Å². The monoisotopic (exact) mass is 695 g/mol. The second-order valence-corrected chi connectivity index (χ2v) is 13.5. The minimum Gasteiger partial charge on any atom is -0.444 e. The van der Waals surface area contributed by atoms with E-state index in [1.807, 2.05) is 42.5 Å². The van der Waals surface area contributed by atoms with Crippen molar-refractivity contribution in [1.29, 1.82) is 0 Å². The minimum absolute atomic E-state index is 0.0234. The molecular formula is C37H44F3N5O5. The maximum Gasteiger partial charge on any atom is 0.416 e. The van der Waals surface area contributed by atoms with E-state index in [1.54, 1.807) is 22.8 Å². The number of morpholine rings is 1. The lowest BCUT2D eigenvalue weighted by Gasteiger charge is -2.54. The number of hydrogen-bond acceptors (Lipinski definition) is 7. The lowest BCUT2D eigenvalue weighted by Crippen LogP contribution is -2.74. The van der Waals surface area contributed by atoms with Crippen molar-refractivity contribution in [3.8, 4) is 0 Å². The third-order valence-corrected chi connectivity index (χ3v) is 9.75. The van der Waals surface area contributed by atoms with Crippen molar-refractivity contribution < 1.29 is 37.0 Å². The predicted octanol–water partition coefficient (Wildman–Crippen LogP) is 4.46. The van der Waals surface area contributed by atoms with Crippen LogP contribution < -0.4 is 11.1 Å². The number of nitrogens with one attached hydrogen (secondary N) is 1. The Morgan fingerprint density at radius 3 is 2.54 bits per heavy atom. The summed E-state index contributed by atoms with van der Waals surface area (Å²) in [5.74, 6) is -1.09. The van der Waals surface area contributed by atoms with Crippen LogP contribution in [-0.4, -0.2) is 96.8 Å². The summed E-state index contributed by atoms with van der Waals surface area (Å²) in [6.45, 7) is 3.65. The van der Waals surface area contributed by atoms with Crippen molar-refractivity contribution in [3.05, 3.63) is 82.9 Å². The number of piperazine rings is 1. The average Bonchev–Trinajstić information content (AvgIpc) is 3.09. The van der Waals surface area contributed by atoms with Gasteiger partial charge in [-0.25, -0.2) is 4.79 Å². The van der Waals surface area contributed by atoms with Crippen LogP contribution in [0.25, 0.3) is 10.8 Å². The van der Waals surface area contributed by atoms with Crippen LogP contribution in [0, 0.1) is 12.8 Å². The van der Waals surface area contributed by atoms with E-state index < -0.39 is 36.0 Å². The third kappa shape index (κ3) is 8.06. The number of carbonyl (C=O) groups is 3. The van der Waals surface area contributed by atoms with Crippen LogP contribution >= 0.6 is 0 Å². The van der Waals surface area contributed by atoms with E-state index in [0.717, 1.165) is 28.5 Å². The molecule has 268 valence electrons. The molecule has 0 spiro atoms. The van der Waals surface area contributed by atoms with Gasteiger partial charge in [0.1, 0.15) is 18.8 Å². The molecule has 3 aromatic carbocycles. The smallest absolute Gasteiger partial charge is 0.416 e. The Labute approximate surface area is 289 Å². The molecule has 3 amide bonds. The first kappa shape index (κ1) is 35.6. The fraction of sp³-hybridized carbons (Fsp3) is 0.486. The number of carbonyl (C=O) groups excluding carboxylic acids is 3. The average molecular weight is 696 g/mol. The zero-order chi connectivity index (χ0) is 35.4. The van der Waals surface area contributed by atoms with E-state index >= 15 is 0 Å². The summed E-state index contributed by atoms with van der Waals surface area (Å²) in [5, 5.41) is 5.45. The van der Waals surface area contributed by atoms with E-state index in [1.165, 1.54) is 4.90 Å². The molecule has 3 aliphatic rings. The molecule has 3 aliphatic heterocycles. The summed E-state index contributed by atoms with van der Waals surface area (Å²) < 4.78 is 52.0. The van der Waals surface area contributed by atoms with Crippen molar-refractivity contribution >= 4 is 28.7 Å². The van der Waals surface area contributed by atoms with Gasteiger partial charge in [-0.2, -0.15) is 13.2 Å². The van der Waals surface area contributed by atoms with Gasteiger partial charge in [0.25, 0.3) is 0 Å². The highest BCUT2D eigenvalue weighted by molar-refractivity contribution is 5.92. The first-order valence-corrected chi connectivity index (χ1v) is 17.2. The fourth-order valence-corrected chi connectivity index (χ4v) is 7.36. The number of nitrogens with two attached hydrogens (primary N) is 1. The highest BCUT2D eigenvalue weighted by atomic mass is 19.4. The van der Waals surface area contributed by atoms with Gasteiger partial charge < -0.3 is 30.3 Å². The van der Waals surface area contributed by atoms with Gasteiger partial charge in [-0.3, -0.25) is 14.5 Å². The highest BCUT2D eigenvalue weighted by Crippen LogP contribution is 2.34. The van der Waals surface area contributed by atoms with Crippen molar-refractivity contribution in [2.45, 2.75) is 63.6 Å². The second-order valence-electron chi connectivity index (χ2n) is 13.5. The molecule has 3 N–H and O–H groups in total. The Morgan fingerprint density at radius 1 is 1.00 bits per heavy atom. The second kappa shape index (κ2) is 15.4. The van der Waals surface area contributed by atoms with Gasteiger partial charge in [0.2, 0.25) is 11.8 Å². The maximum absolute atomic E-state index is 14.4. The molecule has 50 heavy (non-hydrogen) atoms. The van der Waals surface area contributed by atoms with Crippen molar-refractivity contribution in [2.75, 3.05) is 45.9 Å². The molecule has 4 atom stereocenters. The van der Waals surface area contributed by atoms with Crippen LogP contribution in [0.4, 0.5) is 18.0 Å². The quantitative estimate of drug-likeness (QED) is 0.301. The first-order chi connectivity index (χ1) is 24.0. The van der Waals surface area contributed by atoms with E-state index in [4.69, 9.17) is 15.2 Å². The number of benzene rings is 3. The Kier molecular flexibility index (Phi) is 10.9. The number of aryl methyl sites for hydroxylation is 1. The van der Waals surface area contributed by atoms with Gasteiger partial charge >= 0.3 is 12.3 Å². The van der Waals surface area contributed by atoms with Crippen LogP contribution in [0.5, 0.6) is 0 Å². The fourth-order valence-electron chi connectivity index (χ4n) is 7.36. The molecule has 0 bridgehead atoms. The van der Waals surface area contributed by atoms with Gasteiger partial charge in [-0.1, -0.05) is 54.1 Å². The molecule has 6 rings (SSSR count). The molecule has 3 fully saturated rings. The molecule has 0 aliphatic carbocycles. The van der Waals surface area contributed by atoms with Crippen molar-refractivity contribution in [2.24, 2.45) is 11.7 Å². The summed E-state index contributed by atoms with van der Waals surface area (Å²) in [4.78, 5) is 47.3. The van der Waals surface area contributed by atoms with Crippen LogP contribution in [0.1, 0.15) is 41.5 Å². The molecule has 0 aromatic heterocycles. The number of rotatable bonds is 10. The van der Waals surface area contributed by atoms with Crippen LogP contribution in [0.15, 0.2) is 60.7 Å². The summed E-state index contributed by atoms with van der Waals surface area (Å²) in [6.07, 6.45) is -4.17. The Hall–Kier alpha value is -4.20. The lowest BCUT2D eigenvalue weighted by atomic mass is 9.90. The molecule has 1 unspecified atom stereocenters. The summed E-state index contributed by atoms with van der Waals surface area (Å²) in [5.41, 5.74) is 6.46. The van der Waals surface area contributed by atoms with Gasteiger partial charge in [0, 0.05) is 25.7 Å². The zero-order valence-corrected chi connectivity index (χ0v) is 28.2. The van der Waals surface area contributed by atoms with Crippen molar-refractivity contribution in [3.63, 3.8) is 0 Å². The van der Waals surface area contributed by atoms with E-state index in [0.29, 0.717) is 64.1 Å². The number of amides is 3. The summed E-state index contributed by atoms with van der Waals surface area (Å²) >= 11 is 0. The Bertz CT molecular complexity index is 1700. The number of hydrogen-bond donors (Lipinski definition) is 2. The summed E-state index contributed by atoms with van der Waals surface area (Å²) in [6, 6.07) is 16.5. The minimum atomic E-state index is -4.55. The molecule has 3 heterocycles. The molecular weight excluding hydrogens is 651 g/mol. The Morgan fingerprint density at radius 2 is 1.80 bits per heavy atom. The third-order valence-electron chi connectivity index (χ3n) is 9.75. The number of alkyl halides is 3. The van der Waals surface area contributed by atoms with Crippen LogP contribution in [-0.2, 0) is 38.3 Å². The standard InChI is InChI=1S/C37H44F3N5O5/c1-24-14-26(18-30(15-24)37(38,39)40)22-50-36(48)44-19-29(17-25-9-10-27-6-2-3-7-28(27)16-25)34(46)45-32(8-4-5-11-41)35(47)43(21-33(44)45)20-31-23-49-13-12-42-31/h2-3,6-7,9-10,14-16,18,29,31-33,42H,4-5,8,11-13,17,19-23,41H2,1H3/t29-,31?,32+,33-/m1/s1. The molecule has 3 saturated heterocycles. The molecule has 0 radical (unpaired) electrons. The maximum atomic E-state index is 14.4. The topological polar surface area (TPSA) is 117 Å². The predicted molar refractivity (Wildman–Crippen MR) is 181 cm³/mol. The number of unbranched alkanes of at least 4 members (excludes halogenated alkanes) is 1. The SMILES string of the molecule is Cc1cc(COC(=O)N2C[C@@H](Cc3ccc4ccccc4c3)C(=O)N3[C@@H]2CN(CC2COCCN2)C(=O)[C@@H]3CCCCN)cc(C(F)(F)F)c1. The number of nitrogens with zero attached hydrogens (tertiary/aromatic N) is 3. The van der Waals surface area contributed by atoms with E-state index in [9.17, 15) is 27.6 Å². The van der Waals surface area contributed by atoms with Gasteiger partial charge in [0.05, 0.1) is 31.2 Å². The number of fused-ring (bicyclic) bond motifs is 2. The highest BCUT2D eigenvalue weighted by Gasteiger charge is 2.52. The van der Waals surface area contributed by atoms with Gasteiger partial charge in [-0.05, 0) is 73.2 Å². The molecule has 3 aromatic rings. The van der Waals surface area contributed by atoms with Crippen LogP contribution in [0.2, 0.25) is 0 Å². The Balaban J connectivity index is 1.31. The largest absolute Gasteiger partial charge is 0.444 e. The normalized spacial score (nSPS) is 22.9. The van der Waals surface area contributed by atoms with Gasteiger partial charge in [0.15, 0.2) is 0 Å². The van der Waals surface area contributed by atoms with Crippen LogP contribution in [0.3, 0.4) is 0 Å². The first-order valence-electron chi connectivity index (χ1n) is 17.2. The van der Waals surface area contributed by atoms with Gasteiger partial charge in [-0.15, -0.1) is 0 Å². The summed E-state index contributed by atoms with van der Waals surface area (Å²) in [7, 11) is 0.